The van der Waals surface area contributed by atoms with Crippen molar-refractivity contribution in [3.8, 4) is 0 Å². The Morgan fingerprint density at radius 3 is 2.54 bits per heavy atom. The van der Waals surface area contributed by atoms with Crippen molar-refractivity contribution in [3.05, 3.63) is 64.9 Å². The molecule has 1 atom stereocenters. The van der Waals surface area contributed by atoms with Gasteiger partial charge in [0.15, 0.2) is 0 Å². The number of thioether (sulfide) groups is 1. The van der Waals surface area contributed by atoms with E-state index in [9.17, 15) is 17.6 Å². The molecule has 0 saturated heterocycles. The van der Waals surface area contributed by atoms with Crippen LogP contribution in [0.1, 0.15) is 12.5 Å². The Bertz CT molecular complexity index is 908. The first kappa shape index (κ1) is 22.5. The van der Waals surface area contributed by atoms with Crippen LogP contribution in [0.15, 0.2) is 48.5 Å². The highest BCUT2D eigenvalue weighted by Crippen LogP contribution is 2.21. The van der Waals surface area contributed by atoms with Crippen LogP contribution < -0.4 is 9.62 Å². The van der Waals surface area contributed by atoms with Gasteiger partial charge < -0.3 is 5.32 Å². The lowest BCUT2D eigenvalue weighted by Crippen LogP contribution is -2.48. The predicted octanol–water partition coefficient (Wildman–Crippen LogP) is 3.68. The Hall–Kier alpha value is -1.77. The molecule has 0 bridgehead atoms. The number of nitrogens with one attached hydrogen (secondary N) is 1. The Morgan fingerprint density at radius 1 is 1.25 bits per heavy atom. The summed E-state index contributed by atoms with van der Waals surface area (Å²) in [7, 11) is -3.76. The third kappa shape index (κ3) is 6.68. The zero-order chi connectivity index (χ0) is 20.7. The zero-order valence-corrected chi connectivity index (χ0v) is 18.0. The summed E-state index contributed by atoms with van der Waals surface area (Å²) in [6, 6.07) is 11.7. The van der Waals surface area contributed by atoms with E-state index in [0.29, 0.717) is 17.3 Å². The first-order valence-corrected chi connectivity index (χ1v) is 11.9. The lowest BCUT2D eigenvalue weighted by molar-refractivity contribution is -0.121. The fourth-order valence-corrected chi connectivity index (χ4v) is 4.70. The summed E-state index contributed by atoms with van der Waals surface area (Å²) in [6.07, 6.45) is 0.990. The fraction of sp³-hybridized carbons (Fsp3) is 0.316. The van der Waals surface area contributed by atoms with Crippen LogP contribution in [0.4, 0.5) is 10.1 Å². The van der Waals surface area contributed by atoms with E-state index in [-0.39, 0.29) is 5.69 Å². The van der Waals surface area contributed by atoms with E-state index in [2.05, 4.69) is 5.32 Å². The van der Waals surface area contributed by atoms with Gasteiger partial charge in [-0.2, -0.15) is 11.8 Å². The number of hydrogen-bond donors (Lipinski definition) is 1. The minimum Gasteiger partial charge on any atom is -0.353 e. The molecule has 0 unspecified atom stereocenters. The largest absolute Gasteiger partial charge is 0.353 e. The minimum absolute atomic E-state index is 0.113. The highest BCUT2D eigenvalue weighted by Gasteiger charge is 2.29. The normalized spacial score (nSPS) is 12.4. The molecule has 0 saturated carbocycles. The third-order valence-electron chi connectivity index (χ3n) is 3.88. The molecule has 2 aromatic carbocycles. The smallest absolute Gasteiger partial charge is 0.243 e. The van der Waals surface area contributed by atoms with E-state index >= 15 is 0 Å². The van der Waals surface area contributed by atoms with Gasteiger partial charge in [-0.15, -0.1) is 0 Å². The van der Waals surface area contributed by atoms with Gasteiger partial charge in [0.2, 0.25) is 15.9 Å². The maximum absolute atomic E-state index is 13.5. The van der Waals surface area contributed by atoms with Crippen molar-refractivity contribution in [2.24, 2.45) is 0 Å². The molecule has 0 spiro atoms. The SMILES string of the molecule is C[C@H](C(=O)NCCSCc1ccc(Cl)cc1)N(c1cccc(F)c1)S(C)(=O)=O. The van der Waals surface area contributed by atoms with Gasteiger partial charge in [-0.1, -0.05) is 29.8 Å². The molecule has 152 valence electrons. The molecule has 2 aromatic rings. The molecule has 0 aliphatic rings. The second-order valence-corrected chi connectivity index (χ2v) is 9.59. The molecule has 1 amide bonds. The Morgan fingerprint density at radius 2 is 1.93 bits per heavy atom. The number of rotatable bonds is 9. The van der Waals surface area contributed by atoms with Crippen molar-refractivity contribution in [2.75, 3.05) is 22.9 Å². The van der Waals surface area contributed by atoms with Gasteiger partial charge in [0.25, 0.3) is 0 Å². The Kier molecular flexibility index (Phi) is 8.15. The van der Waals surface area contributed by atoms with Crippen molar-refractivity contribution >= 4 is 45.0 Å². The van der Waals surface area contributed by atoms with Crippen molar-refractivity contribution in [1.82, 2.24) is 5.32 Å². The number of amides is 1. The summed E-state index contributed by atoms with van der Waals surface area (Å²) in [5.41, 5.74) is 1.24. The average Bonchev–Trinajstić information content (AvgIpc) is 2.61. The standard InChI is InChI=1S/C19H22ClFN2O3S2/c1-14(23(28(2,25)26)18-5-3-4-17(21)12-18)19(24)22-10-11-27-13-15-6-8-16(20)9-7-15/h3-9,12,14H,10-11,13H2,1-2H3,(H,22,24)/t14-/m1/s1. The zero-order valence-electron chi connectivity index (χ0n) is 15.6. The second kappa shape index (κ2) is 10.1. The van der Waals surface area contributed by atoms with Crippen LogP contribution in [-0.4, -0.2) is 38.9 Å². The number of sulfonamides is 1. The number of hydrogen-bond acceptors (Lipinski definition) is 4. The van der Waals surface area contributed by atoms with Crippen molar-refractivity contribution in [2.45, 2.75) is 18.7 Å². The topological polar surface area (TPSA) is 66.5 Å². The highest BCUT2D eigenvalue weighted by atomic mass is 35.5. The van der Waals surface area contributed by atoms with Crippen LogP contribution in [0.25, 0.3) is 0 Å². The molecule has 0 heterocycles. The van der Waals surface area contributed by atoms with Gasteiger partial charge in [0, 0.05) is 23.1 Å². The summed E-state index contributed by atoms with van der Waals surface area (Å²) in [6.45, 7) is 1.87. The van der Waals surface area contributed by atoms with E-state index in [1.54, 1.807) is 11.8 Å². The number of halogens is 2. The summed E-state index contributed by atoms with van der Waals surface area (Å²) in [5.74, 6) is 0.431. The van der Waals surface area contributed by atoms with Gasteiger partial charge in [0.05, 0.1) is 11.9 Å². The number of carbonyl (C=O) groups excluding carboxylic acids is 1. The highest BCUT2D eigenvalue weighted by molar-refractivity contribution is 7.98. The van der Waals surface area contributed by atoms with Crippen LogP contribution in [0, 0.1) is 5.82 Å². The molecule has 9 heteroatoms. The van der Waals surface area contributed by atoms with Gasteiger partial charge in [0.1, 0.15) is 11.9 Å². The van der Waals surface area contributed by atoms with E-state index in [1.165, 1.54) is 25.1 Å². The monoisotopic (exact) mass is 444 g/mol. The summed E-state index contributed by atoms with van der Waals surface area (Å²) in [5, 5.41) is 3.42. The average molecular weight is 445 g/mol. The van der Waals surface area contributed by atoms with E-state index in [1.807, 2.05) is 24.3 Å². The molecule has 0 radical (unpaired) electrons. The number of benzene rings is 2. The molecular formula is C19H22ClFN2O3S2. The minimum atomic E-state index is -3.76. The van der Waals surface area contributed by atoms with E-state index < -0.39 is 27.8 Å². The summed E-state index contributed by atoms with van der Waals surface area (Å²) in [4.78, 5) is 12.4. The fourth-order valence-electron chi connectivity index (χ4n) is 2.59. The molecule has 0 aliphatic carbocycles. The van der Waals surface area contributed by atoms with E-state index in [0.717, 1.165) is 27.9 Å². The van der Waals surface area contributed by atoms with Gasteiger partial charge in [-0.25, -0.2) is 12.8 Å². The lowest BCUT2D eigenvalue weighted by atomic mass is 10.2. The van der Waals surface area contributed by atoms with E-state index in [4.69, 9.17) is 11.6 Å². The van der Waals surface area contributed by atoms with Crippen LogP contribution >= 0.6 is 23.4 Å². The molecule has 0 fully saturated rings. The maximum atomic E-state index is 13.5. The lowest BCUT2D eigenvalue weighted by Gasteiger charge is -2.28. The van der Waals surface area contributed by atoms with Crippen LogP contribution in [0.2, 0.25) is 5.02 Å². The van der Waals surface area contributed by atoms with Crippen LogP contribution in [0.3, 0.4) is 0 Å². The van der Waals surface area contributed by atoms with Gasteiger partial charge >= 0.3 is 0 Å². The molecule has 28 heavy (non-hydrogen) atoms. The first-order chi connectivity index (χ1) is 13.2. The van der Waals surface area contributed by atoms with Crippen molar-refractivity contribution in [1.29, 1.82) is 0 Å². The van der Waals surface area contributed by atoms with Gasteiger partial charge in [-0.3, -0.25) is 9.10 Å². The Balaban J connectivity index is 1.89. The van der Waals surface area contributed by atoms with Crippen molar-refractivity contribution < 1.29 is 17.6 Å². The molecule has 0 aromatic heterocycles. The number of anilines is 1. The summed E-state index contributed by atoms with van der Waals surface area (Å²) >= 11 is 7.49. The third-order valence-corrected chi connectivity index (χ3v) is 6.40. The maximum Gasteiger partial charge on any atom is 0.243 e. The van der Waals surface area contributed by atoms with Crippen LogP contribution in [0.5, 0.6) is 0 Å². The first-order valence-electron chi connectivity index (χ1n) is 8.53. The Labute approximate surface area is 174 Å². The molecule has 5 nitrogen and oxygen atoms in total. The second-order valence-electron chi connectivity index (χ2n) is 6.18. The quantitative estimate of drug-likeness (QED) is 0.599. The predicted molar refractivity (Wildman–Crippen MR) is 114 cm³/mol. The molecule has 2 rings (SSSR count). The van der Waals surface area contributed by atoms with Crippen molar-refractivity contribution in [3.63, 3.8) is 0 Å². The number of nitrogens with zero attached hydrogens (tertiary/aromatic N) is 1. The van der Waals surface area contributed by atoms with Crippen LogP contribution in [-0.2, 0) is 20.6 Å². The molecule has 1 N–H and O–H groups in total. The molecule has 0 aliphatic heterocycles. The summed E-state index contributed by atoms with van der Waals surface area (Å²) < 4.78 is 38.7. The van der Waals surface area contributed by atoms with Gasteiger partial charge in [-0.05, 0) is 42.8 Å². The molecular weight excluding hydrogens is 423 g/mol. The number of carbonyl (C=O) groups is 1.